The van der Waals surface area contributed by atoms with Crippen LogP contribution >= 0.6 is 0 Å². The van der Waals surface area contributed by atoms with Crippen molar-refractivity contribution in [2.75, 3.05) is 0 Å². The number of hydrogen-bond acceptors (Lipinski definition) is 2. The van der Waals surface area contributed by atoms with E-state index in [0.717, 1.165) is 27.3 Å². The molecule has 3 heteroatoms. The van der Waals surface area contributed by atoms with Crippen LogP contribution in [0.3, 0.4) is 0 Å². The maximum absolute atomic E-state index is 9.93. The molecule has 4 rings (SSSR count). The van der Waals surface area contributed by atoms with Crippen LogP contribution in [0.4, 0.5) is 0 Å². The summed E-state index contributed by atoms with van der Waals surface area (Å²) >= 11 is 0. The second-order valence-corrected chi connectivity index (χ2v) is 5.68. The molecule has 2 N–H and O–H groups in total. The Morgan fingerprint density at radius 2 is 1.26 bits per heavy atom. The third-order valence-corrected chi connectivity index (χ3v) is 4.29. The molecule has 0 aliphatic rings. The molecular weight excluding hydrogens is 283 g/mol. The third-order valence-electron chi connectivity index (χ3n) is 4.29. The summed E-state index contributed by atoms with van der Waals surface area (Å²) in [5.74, 6) is 0. The van der Waals surface area contributed by atoms with Crippen molar-refractivity contribution in [1.82, 2.24) is 0 Å². The number of fused-ring (bicyclic) bond motifs is 2. The summed E-state index contributed by atoms with van der Waals surface area (Å²) in [4.78, 5) is 0. The predicted molar refractivity (Wildman–Crippen MR) is 96.7 cm³/mol. The van der Waals surface area contributed by atoms with Crippen molar-refractivity contribution in [1.29, 1.82) is 0 Å². The molecule has 4 aromatic carbocycles. The first-order valence-corrected chi connectivity index (χ1v) is 7.61. The third kappa shape index (κ3) is 2.40. The van der Waals surface area contributed by atoms with Gasteiger partial charge in [-0.15, -0.1) is 0 Å². The Hall–Kier alpha value is -2.62. The first-order chi connectivity index (χ1) is 11.2. The molecule has 23 heavy (non-hydrogen) atoms. The van der Waals surface area contributed by atoms with Crippen molar-refractivity contribution in [3.8, 4) is 11.1 Å². The van der Waals surface area contributed by atoms with E-state index in [1.54, 1.807) is 0 Å². The molecule has 0 amide bonds. The average Bonchev–Trinajstić information content (AvgIpc) is 2.60. The van der Waals surface area contributed by atoms with Crippen LogP contribution in [0, 0.1) is 0 Å². The average molecular weight is 298 g/mol. The molecule has 0 radical (unpaired) electrons. The van der Waals surface area contributed by atoms with Crippen molar-refractivity contribution >= 4 is 34.1 Å². The van der Waals surface area contributed by atoms with E-state index in [1.165, 1.54) is 5.39 Å². The largest absolute Gasteiger partial charge is 0.489 e. The van der Waals surface area contributed by atoms with Gasteiger partial charge in [0.25, 0.3) is 0 Å². The molecular formula is C20H15BO2. The SMILES string of the molecule is OB(O)c1c(-c2ccc3ccccc3c2)ccc2ccccc12. The lowest BCUT2D eigenvalue weighted by atomic mass is 9.72. The van der Waals surface area contributed by atoms with Crippen LogP contribution in [-0.2, 0) is 0 Å². The molecule has 0 aromatic heterocycles. The highest BCUT2D eigenvalue weighted by atomic mass is 16.4. The lowest BCUT2D eigenvalue weighted by Crippen LogP contribution is -2.32. The summed E-state index contributed by atoms with van der Waals surface area (Å²) in [6.45, 7) is 0. The molecule has 2 nitrogen and oxygen atoms in total. The predicted octanol–water partition coefficient (Wildman–Crippen LogP) is 3.34. The maximum atomic E-state index is 9.93. The molecule has 0 aliphatic heterocycles. The Kier molecular flexibility index (Phi) is 3.38. The summed E-state index contributed by atoms with van der Waals surface area (Å²) in [6.07, 6.45) is 0. The molecule has 0 bridgehead atoms. The second kappa shape index (κ2) is 5.54. The lowest BCUT2D eigenvalue weighted by Gasteiger charge is -2.13. The van der Waals surface area contributed by atoms with Crippen LogP contribution in [0.25, 0.3) is 32.7 Å². The summed E-state index contributed by atoms with van der Waals surface area (Å²) in [6, 6.07) is 26.1. The number of rotatable bonds is 2. The highest BCUT2D eigenvalue weighted by Crippen LogP contribution is 2.26. The van der Waals surface area contributed by atoms with Gasteiger partial charge in [0.15, 0.2) is 0 Å². The van der Waals surface area contributed by atoms with Gasteiger partial charge in [-0.3, -0.25) is 0 Å². The van der Waals surface area contributed by atoms with Gasteiger partial charge in [0, 0.05) is 0 Å². The van der Waals surface area contributed by atoms with Crippen molar-refractivity contribution < 1.29 is 10.0 Å². The minimum Gasteiger partial charge on any atom is -0.423 e. The maximum Gasteiger partial charge on any atom is 0.489 e. The summed E-state index contributed by atoms with van der Waals surface area (Å²) in [5, 5.41) is 24.0. The standard InChI is InChI=1S/C20H15BO2/c22-21(23)20-18-8-4-3-6-15(18)11-12-19(20)17-10-9-14-5-1-2-7-16(14)13-17/h1-13,22-23H. The van der Waals surface area contributed by atoms with Gasteiger partial charge in [0.05, 0.1) is 0 Å². The van der Waals surface area contributed by atoms with Gasteiger partial charge in [-0.2, -0.15) is 0 Å². The Morgan fingerprint density at radius 3 is 2.04 bits per heavy atom. The molecule has 4 aromatic rings. The molecule has 0 spiro atoms. The van der Waals surface area contributed by atoms with E-state index in [1.807, 2.05) is 54.6 Å². The van der Waals surface area contributed by atoms with Gasteiger partial charge >= 0.3 is 7.12 Å². The molecule has 0 unspecified atom stereocenters. The molecule has 0 saturated heterocycles. The quantitative estimate of drug-likeness (QED) is 0.557. The van der Waals surface area contributed by atoms with Crippen LogP contribution < -0.4 is 5.46 Å². The monoisotopic (exact) mass is 298 g/mol. The van der Waals surface area contributed by atoms with Crippen molar-refractivity contribution in [2.45, 2.75) is 0 Å². The summed E-state index contributed by atoms with van der Waals surface area (Å²) in [7, 11) is -1.51. The normalized spacial score (nSPS) is 11.0. The molecule has 110 valence electrons. The van der Waals surface area contributed by atoms with Gasteiger partial charge in [-0.25, -0.2) is 0 Å². The van der Waals surface area contributed by atoms with E-state index >= 15 is 0 Å². The minimum atomic E-state index is -1.51. The second-order valence-electron chi connectivity index (χ2n) is 5.68. The van der Waals surface area contributed by atoms with E-state index in [2.05, 4.69) is 24.3 Å². The van der Waals surface area contributed by atoms with Crippen LogP contribution in [-0.4, -0.2) is 17.2 Å². The van der Waals surface area contributed by atoms with Crippen LogP contribution in [0.5, 0.6) is 0 Å². The van der Waals surface area contributed by atoms with E-state index in [-0.39, 0.29) is 0 Å². The first-order valence-electron chi connectivity index (χ1n) is 7.61. The molecule has 0 aliphatic carbocycles. The highest BCUT2D eigenvalue weighted by molar-refractivity contribution is 6.64. The number of benzene rings is 4. The fourth-order valence-electron chi connectivity index (χ4n) is 3.18. The number of hydrogen-bond donors (Lipinski definition) is 2. The van der Waals surface area contributed by atoms with Gasteiger partial charge in [-0.1, -0.05) is 72.8 Å². The topological polar surface area (TPSA) is 40.5 Å². The minimum absolute atomic E-state index is 0.554. The van der Waals surface area contributed by atoms with Crippen LogP contribution in [0.15, 0.2) is 78.9 Å². The highest BCUT2D eigenvalue weighted by Gasteiger charge is 2.20. The molecule has 0 saturated carbocycles. The van der Waals surface area contributed by atoms with E-state index in [0.29, 0.717) is 5.46 Å². The Balaban J connectivity index is 2.01. The van der Waals surface area contributed by atoms with Crippen LogP contribution in [0.2, 0.25) is 0 Å². The van der Waals surface area contributed by atoms with E-state index in [4.69, 9.17) is 0 Å². The Morgan fingerprint density at radius 1 is 0.609 bits per heavy atom. The summed E-state index contributed by atoms with van der Waals surface area (Å²) < 4.78 is 0. The van der Waals surface area contributed by atoms with Gasteiger partial charge in [0.1, 0.15) is 0 Å². The zero-order chi connectivity index (χ0) is 15.8. The Bertz CT molecular complexity index is 1010. The van der Waals surface area contributed by atoms with E-state index in [9.17, 15) is 10.0 Å². The van der Waals surface area contributed by atoms with Gasteiger partial charge in [0.2, 0.25) is 0 Å². The smallest absolute Gasteiger partial charge is 0.423 e. The van der Waals surface area contributed by atoms with Crippen LogP contribution in [0.1, 0.15) is 0 Å². The zero-order valence-electron chi connectivity index (χ0n) is 12.5. The first kappa shape index (κ1) is 14.0. The van der Waals surface area contributed by atoms with Crippen molar-refractivity contribution in [3.05, 3.63) is 78.9 Å². The molecule has 0 atom stereocenters. The van der Waals surface area contributed by atoms with E-state index < -0.39 is 7.12 Å². The van der Waals surface area contributed by atoms with Gasteiger partial charge < -0.3 is 10.0 Å². The van der Waals surface area contributed by atoms with Gasteiger partial charge in [-0.05, 0) is 44.2 Å². The lowest BCUT2D eigenvalue weighted by molar-refractivity contribution is 0.426. The van der Waals surface area contributed by atoms with Crippen molar-refractivity contribution in [3.63, 3.8) is 0 Å². The Labute approximate surface area is 134 Å². The molecule has 0 fully saturated rings. The molecule has 0 heterocycles. The fraction of sp³-hybridized carbons (Fsp3) is 0. The zero-order valence-corrected chi connectivity index (χ0v) is 12.5. The summed E-state index contributed by atoms with van der Waals surface area (Å²) in [5.41, 5.74) is 2.39. The fourth-order valence-corrected chi connectivity index (χ4v) is 3.18. The van der Waals surface area contributed by atoms with Crippen molar-refractivity contribution in [2.24, 2.45) is 0 Å².